The minimum atomic E-state index is -4.86. The van der Waals surface area contributed by atoms with E-state index in [2.05, 4.69) is 0 Å². The van der Waals surface area contributed by atoms with Crippen molar-refractivity contribution in [3.63, 3.8) is 0 Å². The van der Waals surface area contributed by atoms with Gasteiger partial charge in [-0.1, -0.05) is 12.1 Å². The molecule has 0 N–H and O–H groups in total. The Hall–Kier alpha value is -2.31. The molecule has 7 heteroatoms. The van der Waals surface area contributed by atoms with Gasteiger partial charge >= 0.3 is 12.2 Å². The fourth-order valence-electron chi connectivity index (χ4n) is 1.78. The lowest BCUT2D eigenvalue weighted by Crippen LogP contribution is -2.08. The Morgan fingerprint density at radius 1 is 0.905 bits per heavy atom. The molecule has 0 amide bonds. The lowest BCUT2D eigenvalue weighted by molar-refractivity contribution is -0.139. The molecular formula is C14H6F6O. The fourth-order valence-corrected chi connectivity index (χ4v) is 1.78. The quantitative estimate of drug-likeness (QED) is 0.577. The highest BCUT2D eigenvalue weighted by Gasteiger charge is 2.34. The Labute approximate surface area is 114 Å². The SMILES string of the molecule is O=C(F)c1ccc(-c2ccc(C(F)(F)F)c(F)c2)c(F)c1. The van der Waals surface area contributed by atoms with Crippen molar-refractivity contribution in [1.29, 1.82) is 0 Å². The van der Waals surface area contributed by atoms with E-state index in [1.807, 2.05) is 0 Å². The Morgan fingerprint density at radius 3 is 2.05 bits per heavy atom. The molecule has 0 fully saturated rings. The monoisotopic (exact) mass is 304 g/mol. The number of hydrogen-bond donors (Lipinski definition) is 0. The predicted octanol–water partition coefficient (Wildman–Crippen LogP) is 4.76. The number of carbonyl (C=O) groups excluding carboxylic acids is 1. The summed E-state index contributed by atoms with van der Waals surface area (Å²) in [6, 6.07) is 2.59. The van der Waals surface area contributed by atoms with Gasteiger partial charge < -0.3 is 0 Å². The molecule has 1 nitrogen and oxygen atoms in total. The number of halogens is 6. The van der Waals surface area contributed by atoms with Crippen molar-refractivity contribution in [1.82, 2.24) is 0 Å². The maximum Gasteiger partial charge on any atom is 0.419 e. The predicted molar refractivity (Wildman–Crippen MR) is 62.2 cm³/mol. The van der Waals surface area contributed by atoms with Gasteiger partial charge in [-0.2, -0.15) is 17.6 Å². The van der Waals surface area contributed by atoms with Gasteiger partial charge in [0.25, 0.3) is 0 Å². The second kappa shape index (κ2) is 5.23. The third kappa shape index (κ3) is 3.07. The van der Waals surface area contributed by atoms with Gasteiger partial charge in [0.15, 0.2) is 0 Å². The topological polar surface area (TPSA) is 17.1 Å². The van der Waals surface area contributed by atoms with Crippen molar-refractivity contribution < 1.29 is 31.1 Å². The lowest BCUT2D eigenvalue weighted by Gasteiger charge is -2.10. The van der Waals surface area contributed by atoms with Gasteiger partial charge in [0.05, 0.1) is 11.1 Å². The van der Waals surface area contributed by atoms with E-state index in [-0.39, 0.29) is 11.1 Å². The third-order valence-corrected chi connectivity index (χ3v) is 2.78. The van der Waals surface area contributed by atoms with Crippen LogP contribution < -0.4 is 0 Å². The van der Waals surface area contributed by atoms with E-state index >= 15 is 0 Å². The van der Waals surface area contributed by atoms with E-state index in [1.54, 1.807) is 0 Å². The minimum Gasteiger partial charge on any atom is -0.255 e. The van der Waals surface area contributed by atoms with Crippen molar-refractivity contribution in [2.24, 2.45) is 0 Å². The first-order valence-corrected chi connectivity index (χ1v) is 5.56. The van der Waals surface area contributed by atoms with Crippen molar-refractivity contribution >= 4 is 6.04 Å². The smallest absolute Gasteiger partial charge is 0.255 e. The van der Waals surface area contributed by atoms with E-state index in [1.165, 1.54) is 0 Å². The van der Waals surface area contributed by atoms with Crippen LogP contribution in [0.5, 0.6) is 0 Å². The summed E-state index contributed by atoms with van der Waals surface area (Å²) in [4.78, 5) is 10.4. The molecule has 0 saturated heterocycles. The number of carbonyl (C=O) groups is 1. The van der Waals surface area contributed by atoms with Crippen LogP contribution >= 0.6 is 0 Å². The summed E-state index contributed by atoms with van der Waals surface area (Å²) in [7, 11) is 0. The number of hydrogen-bond acceptors (Lipinski definition) is 1. The molecule has 0 aromatic heterocycles. The molecular weight excluding hydrogens is 298 g/mol. The Morgan fingerprint density at radius 2 is 1.57 bits per heavy atom. The lowest BCUT2D eigenvalue weighted by atomic mass is 10.0. The zero-order valence-electron chi connectivity index (χ0n) is 10.1. The molecule has 0 aliphatic rings. The first-order valence-electron chi connectivity index (χ1n) is 5.56. The van der Waals surface area contributed by atoms with Crippen LogP contribution in [0, 0.1) is 11.6 Å². The first kappa shape index (κ1) is 15.1. The molecule has 2 aromatic carbocycles. The Balaban J connectivity index is 2.49. The molecule has 0 heterocycles. The molecule has 0 aliphatic heterocycles. The maximum atomic E-state index is 13.7. The molecule has 0 unspecified atom stereocenters. The zero-order chi connectivity index (χ0) is 15.8. The molecule has 0 saturated carbocycles. The summed E-state index contributed by atoms with van der Waals surface area (Å²) < 4.78 is 76.8. The van der Waals surface area contributed by atoms with Crippen LogP contribution in [0.4, 0.5) is 26.3 Å². The number of rotatable bonds is 2. The molecule has 0 spiro atoms. The van der Waals surface area contributed by atoms with Gasteiger partial charge in [0.1, 0.15) is 11.6 Å². The minimum absolute atomic E-state index is 0.157. The van der Waals surface area contributed by atoms with Gasteiger partial charge in [0, 0.05) is 5.56 Å². The van der Waals surface area contributed by atoms with E-state index in [0.717, 1.165) is 18.2 Å². The number of alkyl halides is 3. The Bertz CT molecular complexity index is 705. The molecule has 0 radical (unpaired) electrons. The molecule has 110 valence electrons. The van der Waals surface area contributed by atoms with Crippen molar-refractivity contribution in [3.05, 3.63) is 59.2 Å². The van der Waals surface area contributed by atoms with Crippen LogP contribution in [-0.2, 0) is 6.18 Å². The van der Waals surface area contributed by atoms with Gasteiger partial charge in [-0.15, -0.1) is 0 Å². The van der Waals surface area contributed by atoms with Crippen LogP contribution in [0.25, 0.3) is 11.1 Å². The normalized spacial score (nSPS) is 11.5. The van der Waals surface area contributed by atoms with Gasteiger partial charge in [-0.25, -0.2) is 8.78 Å². The van der Waals surface area contributed by atoms with Crippen LogP contribution in [-0.4, -0.2) is 6.04 Å². The molecule has 0 aliphatic carbocycles. The summed E-state index contributed by atoms with van der Waals surface area (Å²) >= 11 is 0. The number of benzene rings is 2. The average molecular weight is 304 g/mol. The molecule has 2 rings (SSSR count). The van der Waals surface area contributed by atoms with E-state index < -0.39 is 35.0 Å². The summed E-state index contributed by atoms with van der Waals surface area (Å²) in [6.45, 7) is 0. The molecule has 21 heavy (non-hydrogen) atoms. The van der Waals surface area contributed by atoms with Crippen molar-refractivity contribution in [2.45, 2.75) is 6.18 Å². The molecule has 0 bridgehead atoms. The van der Waals surface area contributed by atoms with Crippen LogP contribution in [0.3, 0.4) is 0 Å². The van der Waals surface area contributed by atoms with Crippen LogP contribution in [0.15, 0.2) is 36.4 Å². The average Bonchev–Trinajstić information content (AvgIpc) is 2.36. The highest BCUT2D eigenvalue weighted by Crippen LogP contribution is 2.34. The largest absolute Gasteiger partial charge is 0.419 e. The summed E-state index contributed by atoms with van der Waals surface area (Å²) in [5, 5.41) is 0. The fraction of sp³-hybridized carbons (Fsp3) is 0.0714. The van der Waals surface area contributed by atoms with E-state index in [9.17, 15) is 31.1 Å². The van der Waals surface area contributed by atoms with Gasteiger partial charge in [0.2, 0.25) is 0 Å². The summed E-state index contributed by atoms with van der Waals surface area (Å²) in [5.74, 6) is -2.59. The Kier molecular flexibility index (Phi) is 3.76. The second-order valence-electron chi connectivity index (χ2n) is 4.16. The summed E-state index contributed by atoms with van der Waals surface area (Å²) in [6.07, 6.45) is -4.86. The summed E-state index contributed by atoms with van der Waals surface area (Å²) in [5.41, 5.74) is -2.41. The van der Waals surface area contributed by atoms with E-state index in [0.29, 0.717) is 18.2 Å². The van der Waals surface area contributed by atoms with Crippen molar-refractivity contribution in [3.8, 4) is 11.1 Å². The third-order valence-electron chi connectivity index (χ3n) is 2.78. The van der Waals surface area contributed by atoms with Crippen molar-refractivity contribution in [2.75, 3.05) is 0 Å². The standard InChI is InChI=1S/C14H6F6O/c15-11-6-8(13(17)21)1-3-9(11)7-2-4-10(12(16)5-7)14(18,19)20/h1-6H. The zero-order valence-corrected chi connectivity index (χ0v) is 10.1. The van der Waals surface area contributed by atoms with Gasteiger partial charge in [-0.3, -0.25) is 4.79 Å². The maximum absolute atomic E-state index is 13.7. The highest BCUT2D eigenvalue weighted by atomic mass is 19.4. The van der Waals surface area contributed by atoms with Crippen LogP contribution in [0.1, 0.15) is 15.9 Å². The molecule has 0 atom stereocenters. The van der Waals surface area contributed by atoms with Gasteiger partial charge in [-0.05, 0) is 29.8 Å². The highest BCUT2D eigenvalue weighted by molar-refractivity contribution is 5.89. The first-order chi connectivity index (χ1) is 9.70. The molecule has 2 aromatic rings. The second-order valence-corrected chi connectivity index (χ2v) is 4.16. The van der Waals surface area contributed by atoms with E-state index in [4.69, 9.17) is 0 Å². The van der Waals surface area contributed by atoms with Crippen LogP contribution in [0.2, 0.25) is 0 Å².